The lowest BCUT2D eigenvalue weighted by molar-refractivity contribution is -0.145. The molecule has 0 aromatic heterocycles. The summed E-state index contributed by atoms with van der Waals surface area (Å²) in [5, 5.41) is 3.34. The number of nitrogens with one attached hydrogen (secondary N) is 1. The number of carbonyl (C=O) groups is 2. The van der Waals surface area contributed by atoms with Gasteiger partial charge < -0.3 is 14.5 Å². The van der Waals surface area contributed by atoms with Crippen LogP contribution in [0.2, 0.25) is 0 Å². The van der Waals surface area contributed by atoms with Gasteiger partial charge in [-0.15, -0.1) is 0 Å². The zero-order valence-corrected chi connectivity index (χ0v) is 19.0. The summed E-state index contributed by atoms with van der Waals surface area (Å²) in [5.74, 6) is -1.45. The molecule has 3 aromatic rings. The van der Waals surface area contributed by atoms with Gasteiger partial charge in [0.2, 0.25) is 0 Å². The van der Waals surface area contributed by atoms with E-state index in [9.17, 15) is 23.9 Å². The molecule has 3 aromatic carbocycles. The maximum atomic E-state index is 12.8. The predicted octanol–water partition coefficient (Wildman–Crippen LogP) is 3.25. The van der Waals surface area contributed by atoms with Crippen LogP contribution in [0.4, 0.5) is 0 Å². The molecule has 3 rings (SSSR count). The molecule has 0 radical (unpaired) electrons. The van der Waals surface area contributed by atoms with E-state index in [0.29, 0.717) is 0 Å². The Hall–Kier alpha value is -3.09. The van der Waals surface area contributed by atoms with Gasteiger partial charge in [-0.3, -0.25) is 19.5 Å². The van der Waals surface area contributed by atoms with Crippen molar-refractivity contribution in [3.8, 4) is 0 Å². The summed E-state index contributed by atoms with van der Waals surface area (Å²) < 4.78 is 16.3. The molecule has 0 spiro atoms. The van der Waals surface area contributed by atoms with Crippen molar-refractivity contribution in [2.24, 2.45) is 0 Å². The van der Waals surface area contributed by atoms with Gasteiger partial charge in [-0.1, -0.05) is 91.0 Å². The lowest BCUT2D eigenvalue weighted by Crippen LogP contribution is -2.53. The van der Waals surface area contributed by atoms with Gasteiger partial charge >= 0.3 is 13.6 Å². The van der Waals surface area contributed by atoms with Crippen molar-refractivity contribution in [3.63, 3.8) is 0 Å². The summed E-state index contributed by atoms with van der Waals surface area (Å²) in [6.45, 7) is 0. The van der Waals surface area contributed by atoms with E-state index in [-0.39, 0.29) is 0 Å². The Morgan fingerprint density at radius 3 is 1.58 bits per heavy atom. The maximum absolute atomic E-state index is 12.8. The molecule has 0 heterocycles. The van der Waals surface area contributed by atoms with Crippen LogP contribution in [0.3, 0.4) is 0 Å². The number of ether oxygens (including phenoxy) is 1. The fraction of sp³-hybridized carbons (Fsp3) is 0.200. The normalized spacial score (nSPS) is 12.7. The largest absolute Gasteiger partial charge is 0.468 e. The molecule has 3 N–H and O–H groups in total. The van der Waals surface area contributed by atoms with Crippen LogP contribution in [0, 0.1) is 0 Å². The van der Waals surface area contributed by atoms with Crippen LogP contribution >= 0.6 is 7.60 Å². The molecular formula is C25H26NO6P. The van der Waals surface area contributed by atoms with Crippen LogP contribution < -0.4 is 5.32 Å². The van der Waals surface area contributed by atoms with Gasteiger partial charge in [0, 0.05) is 6.42 Å². The number of benzene rings is 3. The highest BCUT2D eigenvalue weighted by atomic mass is 31.2. The fourth-order valence-electron chi connectivity index (χ4n) is 3.93. The Morgan fingerprint density at radius 1 is 0.848 bits per heavy atom. The van der Waals surface area contributed by atoms with Gasteiger partial charge in [0.1, 0.15) is 18.0 Å². The summed E-state index contributed by atoms with van der Waals surface area (Å²) >= 11 is 0. The van der Waals surface area contributed by atoms with Crippen LogP contribution in [0.15, 0.2) is 91.0 Å². The molecule has 0 saturated heterocycles. The highest BCUT2D eigenvalue weighted by Crippen LogP contribution is 2.38. The number of carbonyl (C=O) groups excluding carboxylic acids is 2. The average molecular weight is 467 g/mol. The first-order valence-electron chi connectivity index (χ1n) is 10.3. The minimum Gasteiger partial charge on any atom is -0.468 e. The average Bonchev–Trinajstić information content (AvgIpc) is 2.82. The molecule has 0 fully saturated rings. The smallest absolute Gasteiger partial charge is 0.332 e. The molecule has 33 heavy (non-hydrogen) atoms. The summed E-state index contributed by atoms with van der Waals surface area (Å²) in [6, 6.07) is 27.2. The van der Waals surface area contributed by atoms with Gasteiger partial charge in [-0.2, -0.15) is 0 Å². The molecule has 0 aliphatic carbocycles. The van der Waals surface area contributed by atoms with Crippen molar-refractivity contribution in [2.45, 2.75) is 18.0 Å². The third-order valence-corrected chi connectivity index (χ3v) is 6.08. The molecule has 1 atom stereocenters. The highest BCUT2D eigenvalue weighted by Gasteiger charge is 2.41. The quantitative estimate of drug-likeness (QED) is 0.238. The van der Waals surface area contributed by atoms with E-state index in [1.165, 1.54) is 7.11 Å². The van der Waals surface area contributed by atoms with E-state index in [4.69, 9.17) is 4.74 Å². The minimum absolute atomic E-state index is 0.438. The van der Waals surface area contributed by atoms with Crippen molar-refractivity contribution in [2.75, 3.05) is 13.3 Å². The summed E-state index contributed by atoms with van der Waals surface area (Å²) in [5.41, 5.74) is 1.40. The van der Waals surface area contributed by atoms with E-state index in [2.05, 4.69) is 5.32 Å². The second-order valence-electron chi connectivity index (χ2n) is 7.63. The third-order valence-electron chi connectivity index (χ3n) is 5.31. The molecule has 7 nitrogen and oxygen atoms in total. The molecule has 0 aliphatic rings. The van der Waals surface area contributed by atoms with Gasteiger partial charge in [0.15, 0.2) is 0 Å². The summed E-state index contributed by atoms with van der Waals surface area (Å²) in [4.78, 5) is 43.6. The standard InChI is InChI=1S/C25H26NO6P/c1-32-24(28)23(17-22(27)18-33(29,30)31)26-25(19-11-5-2-6-12-19,20-13-7-3-8-14-20)21-15-9-4-10-16-21/h2-16,23,26H,17-18H2,1H3,(H2,29,30,31)/t23-/m1/s1. The molecule has 0 bridgehead atoms. The van der Waals surface area contributed by atoms with Crippen molar-refractivity contribution >= 4 is 19.3 Å². The minimum atomic E-state index is -4.57. The zero-order chi connectivity index (χ0) is 23.9. The molecule has 8 heteroatoms. The molecule has 0 saturated carbocycles. The van der Waals surface area contributed by atoms with E-state index < -0.39 is 43.5 Å². The van der Waals surface area contributed by atoms with E-state index in [1.807, 2.05) is 91.0 Å². The zero-order valence-electron chi connectivity index (χ0n) is 18.1. The van der Waals surface area contributed by atoms with Gasteiger partial charge in [0.05, 0.1) is 12.6 Å². The number of ketones is 1. The lowest BCUT2D eigenvalue weighted by atomic mass is 9.76. The Labute approximate surface area is 192 Å². The third kappa shape index (κ3) is 6.03. The summed E-state index contributed by atoms with van der Waals surface area (Å²) in [6.07, 6.45) is -1.39. The lowest BCUT2D eigenvalue weighted by Gasteiger charge is -2.39. The number of methoxy groups -OCH3 is 1. The topological polar surface area (TPSA) is 113 Å². The Kier molecular flexibility index (Phi) is 7.95. The van der Waals surface area contributed by atoms with Gasteiger partial charge in [-0.05, 0) is 16.7 Å². The number of hydrogen-bond acceptors (Lipinski definition) is 5. The van der Waals surface area contributed by atoms with E-state index in [0.717, 1.165) is 16.7 Å². The second kappa shape index (κ2) is 10.7. The second-order valence-corrected chi connectivity index (χ2v) is 9.28. The van der Waals surface area contributed by atoms with Gasteiger partial charge in [-0.25, -0.2) is 0 Å². The first-order valence-corrected chi connectivity index (χ1v) is 12.1. The van der Waals surface area contributed by atoms with Crippen LogP contribution in [-0.2, 0) is 24.4 Å². The molecular weight excluding hydrogens is 441 g/mol. The monoisotopic (exact) mass is 467 g/mol. The Morgan fingerprint density at radius 2 is 1.24 bits per heavy atom. The number of esters is 1. The first-order chi connectivity index (χ1) is 15.8. The SMILES string of the molecule is COC(=O)[C@@H](CC(=O)CP(=O)(O)O)NC(c1ccccc1)(c1ccccc1)c1ccccc1. The van der Waals surface area contributed by atoms with Crippen LogP contribution in [0.5, 0.6) is 0 Å². The first kappa shape index (κ1) is 24.6. The molecule has 0 aliphatic heterocycles. The summed E-state index contributed by atoms with van der Waals surface area (Å²) in [7, 11) is -3.36. The van der Waals surface area contributed by atoms with Crippen molar-refractivity contribution in [1.29, 1.82) is 0 Å². The number of Topliss-reactive ketones (excluding diaryl/α,β-unsaturated/α-hetero) is 1. The number of hydrogen-bond donors (Lipinski definition) is 3. The van der Waals surface area contributed by atoms with Gasteiger partial charge in [0.25, 0.3) is 0 Å². The van der Waals surface area contributed by atoms with Crippen LogP contribution in [0.25, 0.3) is 0 Å². The van der Waals surface area contributed by atoms with Crippen LogP contribution in [0.1, 0.15) is 23.1 Å². The van der Waals surface area contributed by atoms with Crippen LogP contribution in [-0.4, -0.2) is 40.9 Å². The van der Waals surface area contributed by atoms with Crippen molar-refractivity contribution < 1.29 is 28.7 Å². The van der Waals surface area contributed by atoms with Crippen molar-refractivity contribution in [1.82, 2.24) is 5.32 Å². The molecule has 0 unspecified atom stereocenters. The van der Waals surface area contributed by atoms with E-state index in [1.54, 1.807) is 0 Å². The number of rotatable bonds is 10. The predicted molar refractivity (Wildman–Crippen MR) is 125 cm³/mol. The fourth-order valence-corrected chi connectivity index (χ4v) is 4.52. The Bertz CT molecular complexity index is 1020. The highest BCUT2D eigenvalue weighted by molar-refractivity contribution is 7.52. The maximum Gasteiger partial charge on any atom is 0.332 e. The van der Waals surface area contributed by atoms with Crippen molar-refractivity contribution in [3.05, 3.63) is 108 Å². The Balaban J connectivity index is 2.18. The molecule has 0 amide bonds. The van der Waals surface area contributed by atoms with E-state index >= 15 is 0 Å². The molecule has 172 valence electrons.